The van der Waals surface area contributed by atoms with Gasteiger partial charge in [0.1, 0.15) is 13.2 Å². The van der Waals surface area contributed by atoms with Crippen molar-refractivity contribution < 1.29 is 14.3 Å². The lowest BCUT2D eigenvalue weighted by atomic mass is 9.82. The highest BCUT2D eigenvalue weighted by Gasteiger charge is 2.35. The molecule has 1 saturated carbocycles. The average molecular weight is 325 g/mol. The van der Waals surface area contributed by atoms with Crippen molar-refractivity contribution >= 4 is 17.5 Å². The highest BCUT2D eigenvalue weighted by molar-refractivity contribution is 6.32. The van der Waals surface area contributed by atoms with Crippen molar-refractivity contribution in [2.24, 2.45) is 5.73 Å². The Kier molecular flexibility index (Phi) is 4.45. The molecule has 0 spiro atoms. The summed E-state index contributed by atoms with van der Waals surface area (Å²) in [6.07, 6.45) is 4.69. The zero-order valence-corrected chi connectivity index (χ0v) is 13.2. The number of nitrogens with one attached hydrogen (secondary N) is 1. The van der Waals surface area contributed by atoms with E-state index in [0.717, 1.165) is 37.7 Å². The number of halogens is 1. The summed E-state index contributed by atoms with van der Waals surface area (Å²) in [6.45, 7) is 1.39. The topological polar surface area (TPSA) is 73.6 Å². The normalized spacial score (nSPS) is 19.5. The number of rotatable bonds is 3. The van der Waals surface area contributed by atoms with E-state index in [-0.39, 0.29) is 5.91 Å². The fourth-order valence-corrected chi connectivity index (χ4v) is 3.32. The Morgan fingerprint density at radius 2 is 1.95 bits per heavy atom. The van der Waals surface area contributed by atoms with Gasteiger partial charge in [0.05, 0.1) is 10.6 Å². The van der Waals surface area contributed by atoms with Gasteiger partial charge in [-0.15, -0.1) is 0 Å². The lowest BCUT2D eigenvalue weighted by Gasteiger charge is -2.31. The van der Waals surface area contributed by atoms with E-state index in [1.807, 2.05) is 6.07 Å². The van der Waals surface area contributed by atoms with E-state index in [4.69, 9.17) is 26.8 Å². The quantitative estimate of drug-likeness (QED) is 0.895. The van der Waals surface area contributed by atoms with E-state index in [1.165, 1.54) is 0 Å². The third-order valence-electron chi connectivity index (χ3n) is 4.31. The van der Waals surface area contributed by atoms with Crippen LogP contribution in [0.3, 0.4) is 0 Å². The number of nitrogens with two attached hydrogens (primary N) is 1. The number of ether oxygens (including phenoxy) is 2. The third-order valence-corrected chi connectivity index (χ3v) is 4.59. The smallest absolute Gasteiger partial charge is 0.240 e. The second-order valence-corrected chi connectivity index (χ2v) is 6.41. The summed E-state index contributed by atoms with van der Waals surface area (Å²) in [5.74, 6) is 1.12. The van der Waals surface area contributed by atoms with Crippen LogP contribution < -0.4 is 20.5 Å². The molecule has 22 heavy (non-hydrogen) atoms. The first-order chi connectivity index (χ1) is 10.6. The third kappa shape index (κ3) is 3.15. The Morgan fingerprint density at radius 3 is 2.73 bits per heavy atom. The summed E-state index contributed by atoms with van der Waals surface area (Å²) < 4.78 is 11.0. The van der Waals surface area contributed by atoms with E-state index in [2.05, 4.69) is 5.32 Å². The molecule has 0 aromatic heterocycles. The van der Waals surface area contributed by atoms with Crippen LogP contribution in [0.15, 0.2) is 12.1 Å². The SMILES string of the molecule is NC1(C(=O)NCc2cc(Cl)c3c(c2)OCCO3)CCCCC1. The fourth-order valence-electron chi connectivity index (χ4n) is 3.03. The van der Waals surface area contributed by atoms with E-state index in [0.29, 0.717) is 36.3 Å². The van der Waals surface area contributed by atoms with E-state index < -0.39 is 5.54 Å². The summed E-state index contributed by atoms with van der Waals surface area (Å²) in [5, 5.41) is 3.43. The van der Waals surface area contributed by atoms with Crippen LogP contribution >= 0.6 is 11.6 Å². The van der Waals surface area contributed by atoms with Gasteiger partial charge in [-0.05, 0) is 30.5 Å². The maximum absolute atomic E-state index is 12.3. The molecular weight excluding hydrogens is 304 g/mol. The summed E-state index contributed by atoms with van der Waals surface area (Å²) in [6, 6.07) is 3.64. The lowest BCUT2D eigenvalue weighted by Crippen LogP contribution is -2.54. The van der Waals surface area contributed by atoms with E-state index in [1.54, 1.807) is 6.07 Å². The van der Waals surface area contributed by atoms with E-state index >= 15 is 0 Å². The highest BCUT2D eigenvalue weighted by Crippen LogP contribution is 2.38. The van der Waals surface area contributed by atoms with Crippen LogP contribution in [0.1, 0.15) is 37.7 Å². The van der Waals surface area contributed by atoms with Crippen molar-refractivity contribution in [3.63, 3.8) is 0 Å². The molecule has 1 aliphatic carbocycles. The molecule has 1 fully saturated rings. The minimum Gasteiger partial charge on any atom is -0.486 e. The molecule has 1 aliphatic heterocycles. The molecule has 1 amide bonds. The average Bonchev–Trinajstić information content (AvgIpc) is 2.53. The molecule has 6 heteroatoms. The van der Waals surface area contributed by atoms with Gasteiger partial charge < -0.3 is 20.5 Å². The van der Waals surface area contributed by atoms with Gasteiger partial charge in [-0.25, -0.2) is 0 Å². The van der Waals surface area contributed by atoms with Crippen LogP contribution in [0.25, 0.3) is 0 Å². The lowest BCUT2D eigenvalue weighted by molar-refractivity contribution is -0.127. The first kappa shape index (κ1) is 15.4. The second kappa shape index (κ2) is 6.34. The first-order valence-electron chi connectivity index (χ1n) is 7.74. The fraction of sp³-hybridized carbons (Fsp3) is 0.562. The molecule has 120 valence electrons. The van der Waals surface area contributed by atoms with Crippen molar-refractivity contribution in [1.29, 1.82) is 0 Å². The van der Waals surface area contributed by atoms with Crippen molar-refractivity contribution in [2.45, 2.75) is 44.2 Å². The standard InChI is InChI=1S/C16H21ClN2O3/c17-12-8-11(9-13-14(12)22-7-6-21-13)10-19-15(20)16(18)4-2-1-3-5-16/h8-9H,1-7,10,18H2,(H,19,20). The molecule has 2 aliphatic rings. The molecule has 0 saturated heterocycles. The molecule has 0 radical (unpaired) electrons. The van der Waals surface area contributed by atoms with Crippen LogP contribution in [0, 0.1) is 0 Å². The molecule has 1 aromatic carbocycles. The number of hydrogen-bond donors (Lipinski definition) is 2. The van der Waals surface area contributed by atoms with Crippen molar-refractivity contribution in [2.75, 3.05) is 13.2 Å². The van der Waals surface area contributed by atoms with Crippen LogP contribution in [0.4, 0.5) is 0 Å². The molecular formula is C16H21ClN2O3. The highest BCUT2D eigenvalue weighted by atomic mass is 35.5. The second-order valence-electron chi connectivity index (χ2n) is 6.00. The Balaban J connectivity index is 1.66. The summed E-state index contributed by atoms with van der Waals surface area (Å²) in [4.78, 5) is 12.3. The minimum absolute atomic E-state index is 0.0850. The van der Waals surface area contributed by atoms with Crippen LogP contribution in [-0.2, 0) is 11.3 Å². The number of fused-ring (bicyclic) bond motifs is 1. The maximum Gasteiger partial charge on any atom is 0.240 e. The number of carbonyl (C=O) groups is 1. The molecule has 0 unspecified atom stereocenters. The van der Waals surface area contributed by atoms with Crippen molar-refractivity contribution in [1.82, 2.24) is 5.32 Å². The first-order valence-corrected chi connectivity index (χ1v) is 8.11. The number of carbonyl (C=O) groups excluding carboxylic acids is 1. The van der Waals surface area contributed by atoms with E-state index in [9.17, 15) is 4.79 Å². The van der Waals surface area contributed by atoms with Crippen LogP contribution in [0.2, 0.25) is 5.02 Å². The van der Waals surface area contributed by atoms with Crippen LogP contribution in [-0.4, -0.2) is 24.7 Å². The van der Waals surface area contributed by atoms with Gasteiger partial charge in [0.15, 0.2) is 11.5 Å². The predicted molar refractivity (Wildman–Crippen MR) is 84.3 cm³/mol. The molecule has 3 rings (SSSR count). The van der Waals surface area contributed by atoms with Gasteiger partial charge in [0.25, 0.3) is 0 Å². The number of hydrogen-bond acceptors (Lipinski definition) is 4. The molecule has 1 aromatic rings. The summed E-state index contributed by atoms with van der Waals surface area (Å²) >= 11 is 6.20. The number of amides is 1. The monoisotopic (exact) mass is 324 g/mol. The van der Waals surface area contributed by atoms with Crippen molar-refractivity contribution in [3.8, 4) is 11.5 Å². The molecule has 0 bridgehead atoms. The Bertz CT molecular complexity index is 571. The van der Waals surface area contributed by atoms with Crippen molar-refractivity contribution in [3.05, 3.63) is 22.7 Å². The zero-order valence-electron chi connectivity index (χ0n) is 12.5. The zero-order chi connectivity index (χ0) is 15.6. The largest absolute Gasteiger partial charge is 0.486 e. The van der Waals surface area contributed by atoms with Gasteiger partial charge in [0.2, 0.25) is 5.91 Å². The molecule has 0 atom stereocenters. The Labute approximate surface area is 135 Å². The summed E-state index contributed by atoms with van der Waals surface area (Å²) in [5.41, 5.74) is 6.38. The maximum atomic E-state index is 12.3. The Morgan fingerprint density at radius 1 is 1.23 bits per heavy atom. The molecule has 5 nitrogen and oxygen atoms in total. The van der Waals surface area contributed by atoms with Crippen LogP contribution in [0.5, 0.6) is 11.5 Å². The Hall–Kier alpha value is -1.46. The molecule has 3 N–H and O–H groups in total. The number of benzene rings is 1. The van der Waals surface area contributed by atoms with Gasteiger partial charge in [-0.2, -0.15) is 0 Å². The minimum atomic E-state index is -0.726. The van der Waals surface area contributed by atoms with Gasteiger partial charge in [0, 0.05) is 6.54 Å². The van der Waals surface area contributed by atoms with Gasteiger partial charge >= 0.3 is 0 Å². The predicted octanol–water partition coefficient (Wildman–Crippen LogP) is 2.39. The van der Waals surface area contributed by atoms with Gasteiger partial charge in [-0.3, -0.25) is 4.79 Å². The summed E-state index contributed by atoms with van der Waals surface area (Å²) in [7, 11) is 0. The van der Waals surface area contributed by atoms with Gasteiger partial charge in [-0.1, -0.05) is 30.9 Å². The molecule has 1 heterocycles.